The minimum Gasteiger partial charge on any atom is -0.491 e. The van der Waals surface area contributed by atoms with Gasteiger partial charge in [0.25, 0.3) is 0 Å². The van der Waals surface area contributed by atoms with E-state index in [-0.39, 0.29) is 17.0 Å². The first-order valence-electron chi connectivity index (χ1n) is 5.58. The number of morpholine rings is 1. The zero-order chi connectivity index (χ0) is 13.1. The van der Waals surface area contributed by atoms with Crippen molar-refractivity contribution < 1.29 is 14.3 Å². The van der Waals surface area contributed by atoms with Gasteiger partial charge in [0.1, 0.15) is 0 Å². The number of ether oxygens (including phenoxy) is 2. The number of carbonyl (C=O) groups excluding carboxylic acids is 1. The Morgan fingerprint density at radius 2 is 2.33 bits per heavy atom. The molecule has 0 saturated carbocycles. The first-order chi connectivity index (χ1) is 8.67. The molecule has 0 aromatic carbocycles. The molecule has 98 valence electrons. The van der Waals surface area contributed by atoms with E-state index in [4.69, 9.17) is 21.1 Å². The van der Waals surface area contributed by atoms with Gasteiger partial charge in [-0.3, -0.25) is 4.79 Å². The molecule has 0 aliphatic carbocycles. The van der Waals surface area contributed by atoms with Crippen molar-refractivity contribution in [1.29, 1.82) is 0 Å². The van der Waals surface area contributed by atoms with E-state index in [0.717, 1.165) is 0 Å². The smallest absolute Gasteiger partial charge is 0.225 e. The number of methoxy groups -OCH3 is 1. The molecule has 1 fully saturated rings. The third-order valence-electron chi connectivity index (χ3n) is 2.80. The van der Waals surface area contributed by atoms with Gasteiger partial charge in [-0.05, 0) is 18.5 Å². The lowest BCUT2D eigenvalue weighted by Crippen LogP contribution is -2.44. The number of aldehydes is 1. The number of rotatable bonds is 3. The third-order valence-corrected chi connectivity index (χ3v) is 2.97. The molecule has 1 atom stereocenters. The monoisotopic (exact) mass is 271 g/mol. The van der Waals surface area contributed by atoms with Crippen LogP contribution in [0.5, 0.6) is 5.75 Å². The number of hydrogen-bond donors (Lipinski definition) is 0. The summed E-state index contributed by atoms with van der Waals surface area (Å²) >= 11 is 5.83. The van der Waals surface area contributed by atoms with Crippen LogP contribution in [0.2, 0.25) is 5.28 Å². The number of hydrogen-bond acceptors (Lipinski definition) is 6. The van der Waals surface area contributed by atoms with Crippen LogP contribution in [0.15, 0.2) is 0 Å². The Morgan fingerprint density at radius 1 is 1.56 bits per heavy atom. The molecule has 1 aliphatic heterocycles. The molecular formula is C11H14ClN3O3. The third kappa shape index (κ3) is 2.39. The van der Waals surface area contributed by atoms with Crippen LogP contribution in [-0.2, 0) is 4.74 Å². The summed E-state index contributed by atoms with van der Waals surface area (Å²) in [6.45, 7) is 3.88. The van der Waals surface area contributed by atoms with Crippen molar-refractivity contribution in [2.75, 3.05) is 31.8 Å². The van der Waals surface area contributed by atoms with E-state index in [1.807, 2.05) is 11.8 Å². The average Bonchev–Trinajstić information content (AvgIpc) is 2.38. The highest BCUT2D eigenvalue weighted by molar-refractivity contribution is 6.28. The maximum absolute atomic E-state index is 11.0. The van der Waals surface area contributed by atoms with Crippen molar-refractivity contribution in [2.24, 2.45) is 0 Å². The van der Waals surface area contributed by atoms with Crippen molar-refractivity contribution in [3.8, 4) is 5.75 Å². The highest BCUT2D eigenvalue weighted by Crippen LogP contribution is 2.31. The fraction of sp³-hybridized carbons (Fsp3) is 0.545. The largest absolute Gasteiger partial charge is 0.491 e. The molecule has 1 aromatic heterocycles. The first kappa shape index (κ1) is 13.0. The Hall–Kier alpha value is -1.40. The van der Waals surface area contributed by atoms with Gasteiger partial charge in [-0.15, -0.1) is 0 Å². The van der Waals surface area contributed by atoms with Crippen LogP contribution < -0.4 is 9.64 Å². The lowest BCUT2D eigenvalue weighted by molar-refractivity contribution is 0.0981. The molecule has 0 radical (unpaired) electrons. The second kappa shape index (κ2) is 5.49. The summed E-state index contributed by atoms with van der Waals surface area (Å²) in [4.78, 5) is 21.0. The summed E-state index contributed by atoms with van der Waals surface area (Å²) in [6.07, 6.45) is 0.612. The summed E-state index contributed by atoms with van der Waals surface area (Å²) < 4.78 is 10.6. The zero-order valence-electron chi connectivity index (χ0n) is 10.2. The van der Waals surface area contributed by atoms with Gasteiger partial charge < -0.3 is 14.4 Å². The number of anilines is 1. The standard InChI is InChI=1S/C11H14ClN3O3/c1-7-6-18-4-3-15(7)10-9(17-2)8(5-16)13-11(12)14-10/h5,7H,3-4,6H2,1-2H3/t7-/m1/s1. The van der Waals surface area contributed by atoms with Crippen molar-refractivity contribution in [3.05, 3.63) is 11.0 Å². The summed E-state index contributed by atoms with van der Waals surface area (Å²) in [5.74, 6) is 0.888. The SMILES string of the molecule is COc1c(C=O)nc(Cl)nc1N1CCOC[C@H]1C. The molecule has 0 unspecified atom stereocenters. The van der Waals surface area contributed by atoms with Crippen molar-refractivity contribution in [3.63, 3.8) is 0 Å². The quantitative estimate of drug-likeness (QED) is 0.607. The Labute approximate surface area is 110 Å². The molecule has 1 aromatic rings. The van der Waals surface area contributed by atoms with Gasteiger partial charge >= 0.3 is 0 Å². The first-order valence-corrected chi connectivity index (χ1v) is 5.96. The van der Waals surface area contributed by atoms with Crippen LogP contribution in [-0.4, -0.2) is 49.2 Å². The minimum absolute atomic E-state index is 0.0339. The fourth-order valence-corrected chi connectivity index (χ4v) is 2.11. The molecule has 0 spiro atoms. The highest BCUT2D eigenvalue weighted by atomic mass is 35.5. The molecule has 0 amide bonds. The maximum Gasteiger partial charge on any atom is 0.225 e. The molecule has 18 heavy (non-hydrogen) atoms. The Kier molecular flexibility index (Phi) is 3.98. The second-order valence-corrected chi connectivity index (χ2v) is 4.31. The summed E-state index contributed by atoms with van der Waals surface area (Å²) in [6, 6.07) is 0.137. The molecule has 1 saturated heterocycles. The van der Waals surface area contributed by atoms with Crippen LogP contribution in [0, 0.1) is 0 Å². The number of nitrogens with zero attached hydrogens (tertiary/aromatic N) is 3. The van der Waals surface area contributed by atoms with Crippen LogP contribution in [0.3, 0.4) is 0 Å². The van der Waals surface area contributed by atoms with Gasteiger partial charge in [-0.25, -0.2) is 4.98 Å². The van der Waals surface area contributed by atoms with E-state index in [2.05, 4.69) is 9.97 Å². The van der Waals surface area contributed by atoms with Gasteiger partial charge in [0.15, 0.2) is 23.5 Å². The Balaban J connectivity index is 2.47. The number of halogens is 1. The zero-order valence-corrected chi connectivity index (χ0v) is 11.0. The van der Waals surface area contributed by atoms with Crippen molar-refractivity contribution >= 4 is 23.7 Å². The molecule has 7 heteroatoms. The summed E-state index contributed by atoms with van der Waals surface area (Å²) in [5.41, 5.74) is 0.159. The van der Waals surface area contributed by atoms with Gasteiger partial charge in [0, 0.05) is 6.54 Å². The second-order valence-electron chi connectivity index (χ2n) is 3.97. The molecule has 0 bridgehead atoms. The lowest BCUT2D eigenvalue weighted by Gasteiger charge is -2.34. The Morgan fingerprint density at radius 3 is 2.94 bits per heavy atom. The molecular weight excluding hydrogens is 258 g/mol. The van der Waals surface area contributed by atoms with E-state index in [9.17, 15) is 4.79 Å². The molecule has 6 nitrogen and oxygen atoms in total. The van der Waals surface area contributed by atoms with E-state index in [1.165, 1.54) is 7.11 Å². The van der Waals surface area contributed by atoms with Crippen molar-refractivity contribution in [1.82, 2.24) is 9.97 Å². The molecule has 1 aliphatic rings. The highest BCUT2D eigenvalue weighted by Gasteiger charge is 2.26. The number of aromatic nitrogens is 2. The van der Waals surface area contributed by atoms with Crippen molar-refractivity contribution in [2.45, 2.75) is 13.0 Å². The van der Waals surface area contributed by atoms with Gasteiger partial charge in [-0.2, -0.15) is 4.98 Å². The van der Waals surface area contributed by atoms with Crippen LogP contribution in [0.4, 0.5) is 5.82 Å². The normalized spacial score (nSPS) is 19.7. The Bertz CT molecular complexity index is 455. The van der Waals surface area contributed by atoms with E-state index in [0.29, 0.717) is 37.6 Å². The molecule has 0 N–H and O–H groups in total. The predicted octanol–water partition coefficient (Wildman–Crippen LogP) is 1.18. The minimum atomic E-state index is 0.0339. The van der Waals surface area contributed by atoms with Crippen LogP contribution in [0.25, 0.3) is 0 Å². The topological polar surface area (TPSA) is 64.5 Å². The lowest BCUT2D eigenvalue weighted by atomic mass is 10.2. The van der Waals surface area contributed by atoms with Gasteiger partial charge in [-0.1, -0.05) is 0 Å². The van der Waals surface area contributed by atoms with E-state index in [1.54, 1.807) is 0 Å². The molecule has 2 heterocycles. The summed E-state index contributed by atoms with van der Waals surface area (Å²) in [5, 5.41) is 0.0339. The van der Waals surface area contributed by atoms with Crippen LogP contribution >= 0.6 is 11.6 Å². The maximum atomic E-state index is 11.0. The van der Waals surface area contributed by atoms with E-state index < -0.39 is 0 Å². The number of carbonyl (C=O) groups is 1. The molecule has 2 rings (SSSR count). The predicted molar refractivity (Wildman–Crippen MR) is 66.6 cm³/mol. The van der Waals surface area contributed by atoms with E-state index >= 15 is 0 Å². The van der Waals surface area contributed by atoms with Gasteiger partial charge in [0.2, 0.25) is 5.28 Å². The fourth-order valence-electron chi connectivity index (χ4n) is 1.94. The van der Waals surface area contributed by atoms with Crippen LogP contribution in [0.1, 0.15) is 17.4 Å². The van der Waals surface area contributed by atoms with Gasteiger partial charge in [0.05, 0.1) is 26.4 Å². The summed E-state index contributed by atoms with van der Waals surface area (Å²) in [7, 11) is 1.48. The average molecular weight is 272 g/mol.